The van der Waals surface area contributed by atoms with Gasteiger partial charge in [-0.25, -0.2) is 8.42 Å². The summed E-state index contributed by atoms with van der Waals surface area (Å²) >= 11 is 0. The maximum atomic E-state index is 11.8. The van der Waals surface area contributed by atoms with Crippen LogP contribution in [0.2, 0.25) is 0 Å². The Labute approximate surface area is 130 Å². The molecule has 8 nitrogen and oxygen atoms in total. The maximum absolute atomic E-state index is 11.8. The minimum absolute atomic E-state index is 0.0839. The van der Waals surface area contributed by atoms with Crippen molar-refractivity contribution in [1.29, 1.82) is 0 Å². The van der Waals surface area contributed by atoms with Crippen LogP contribution in [0.4, 0.5) is 11.6 Å². The average molecular weight is 327 g/mol. The van der Waals surface area contributed by atoms with Gasteiger partial charge in [0.15, 0.2) is 11.6 Å². The molecule has 122 valence electrons. The molecule has 0 bridgehead atoms. The molecule has 2 heterocycles. The van der Waals surface area contributed by atoms with E-state index in [-0.39, 0.29) is 11.6 Å². The number of sulfonamides is 1. The van der Waals surface area contributed by atoms with Gasteiger partial charge in [0.25, 0.3) is 0 Å². The van der Waals surface area contributed by atoms with Crippen molar-refractivity contribution in [1.82, 2.24) is 15.1 Å². The first-order chi connectivity index (χ1) is 10.5. The van der Waals surface area contributed by atoms with Gasteiger partial charge in [-0.15, -0.1) is 10.2 Å². The number of nitrogens with one attached hydrogen (secondary N) is 1. The fraction of sp³-hybridized carbons (Fsp3) is 0.615. The van der Waals surface area contributed by atoms with Crippen molar-refractivity contribution in [2.24, 2.45) is 0 Å². The predicted molar refractivity (Wildman–Crippen MR) is 84.2 cm³/mol. The van der Waals surface area contributed by atoms with Crippen LogP contribution >= 0.6 is 0 Å². The van der Waals surface area contributed by atoms with E-state index in [2.05, 4.69) is 14.9 Å². The summed E-state index contributed by atoms with van der Waals surface area (Å²) in [7, 11) is -3.36. The third-order valence-corrected chi connectivity index (χ3v) is 4.81. The highest BCUT2D eigenvalue weighted by Gasteiger charge is 2.17. The van der Waals surface area contributed by atoms with Gasteiger partial charge in [-0.1, -0.05) is 13.3 Å². The van der Waals surface area contributed by atoms with Gasteiger partial charge >= 0.3 is 0 Å². The summed E-state index contributed by atoms with van der Waals surface area (Å²) in [5.74, 6) is 0.995. The second kappa shape index (κ2) is 7.39. The molecule has 1 aromatic heterocycles. The topological polar surface area (TPSA) is 95.5 Å². The number of carbonyl (C=O) groups excluding carboxylic acids is 1. The van der Waals surface area contributed by atoms with E-state index in [1.807, 2.05) is 11.8 Å². The van der Waals surface area contributed by atoms with Gasteiger partial charge in [-0.05, 0) is 18.6 Å². The molecule has 2 rings (SSSR count). The lowest BCUT2D eigenvalue weighted by Gasteiger charge is -2.32. The van der Waals surface area contributed by atoms with E-state index < -0.39 is 10.0 Å². The molecule has 0 saturated carbocycles. The minimum atomic E-state index is -3.36. The Morgan fingerprint density at radius 1 is 1.23 bits per heavy atom. The van der Waals surface area contributed by atoms with Crippen molar-refractivity contribution < 1.29 is 13.2 Å². The molecule has 0 atom stereocenters. The number of aromatic nitrogens is 2. The Kier molecular flexibility index (Phi) is 5.53. The van der Waals surface area contributed by atoms with Crippen LogP contribution in [0.5, 0.6) is 0 Å². The largest absolute Gasteiger partial charge is 0.352 e. The van der Waals surface area contributed by atoms with Crippen molar-refractivity contribution in [3.05, 3.63) is 12.1 Å². The molecule has 1 aliphatic rings. The molecule has 1 aromatic rings. The number of piperazine rings is 1. The highest BCUT2D eigenvalue weighted by atomic mass is 32.2. The molecular weight excluding hydrogens is 306 g/mol. The minimum Gasteiger partial charge on any atom is -0.352 e. The van der Waals surface area contributed by atoms with Crippen LogP contribution in [-0.2, 0) is 14.8 Å². The summed E-state index contributed by atoms with van der Waals surface area (Å²) in [5.41, 5.74) is 0. The fourth-order valence-electron chi connectivity index (χ4n) is 2.15. The van der Waals surface area contributed by atoms with Crippen LogP contribution in [0.3, 0.4) is 0 Å². The number of rotatable bonds is 7. The molecule has 0 unspecified atom stereocenters. The summed E-state index contributed by atoms with van der Waals surface area (Å²) < 4.78 is 26.0. The lowest BCUT2D eigenvalue weighted by atomic mass is 10.3. The van der Waals surface area contributed by atoms with E-state index in [9.17, 15) is 13.2 Å². The fourth-order valence-corrected chi connectivity index (χ4v) is 3.35. The van der Waals surface area contributed by atoms with Crippen LogP contribution in [0, 0.1) is 0 Å². The van der Waals surface area contributed by atoms with E-state index in [0.29, 0.717) is 38.4 Å². The molecule has 0 radical (unpaired) electrons. The molecule has 0 aliphatic carbocycles. The van der Waals surface area contributed by atoms with Gasteiger partial charge in [0.2, 0.25) is 16.4 Å². The zero-order valence-corrected chi connectivity index (χ0v) is 13.4. The summed E-state index contributed by atoms with van der Waals surface area (Å²) in [6.07, 6.45) is 2.28. The summed E-state index contributed by atoms with van der Waals surface area (Å²) in [4.78, 5) is 14.4. The first-order valence-electron chi connectivity index (χ1n) is 7.32. The van der Waals surface area contributed by atoms with Gasteiger partial charge in [0, 0.05) is 26.2 Å². The molecule has 1 N–H and O–H groups in total. The number of nitrogens with zero attached hydrogens (tertiary/aromatic N) is 4. The van der Waals surface area contributed by atoms with Crippen LogP contribution < -0.4 is 9.62 Å². The SMILES string of the molecule is CCCCS(=O)(=O)Nc1ccc(N2CCN(C=O)CC2)nn1. The maximum Gasteiger partial charge on any atom is 0.233 e. The number of carbonyl (C=O) groups is 1. The van der Waals surface area contributed by atoms with Gasteiger partial charge in [0.05, 0.1) is 5.75 Å². The quantitative estimate of drug-likeness (QED) is 0.724. The third-order valence-electron chi connectivity index (χ3n) is 3.46. The van der Waals surface area contributed by atoms with E-state index in [4.69, 9.17) is 0 Å². The van der Waals surface area contributed by atoms with Crippen molar-refractivity contribution in [2.75, 3.05) is 41.6 Å². The second-order valence-corrected chi connectivity index (χ2v) is 7.02. The number of anilines is 2. The Balaban J connectivity index is 1.94. The van der Waals surface area contributed by atoms with Gasteiger partial charge in [-0.3, -0.25) is 9.52 Å². The smallest absolute Gasteiger partial charge is 0.233 e. The molecule has 1 aliphatic heterocycles. The van der Waals surface area contributed by atoms with E-state index in [0.717, 1.165) is 12.8 Å². The highest BCUT2D eigenvalue weighted by molar-refractivity contribution is 7.92. The summed E-state index contributed by atoms with van der Waals surface area (Å²) in [6, 6.07) is 3.35. The van der Waals surface area contributed by atoms with Crippen LogP contribution in [0.15, 0.2) is 12.1 Å². The number of unbranched alkanes of at least 4 members (excludes halogenated alkanes) is 1. The third kappa shape index (κ3) is 4.55. The molecular formula is C13H21N5O3S. The molecule has 9 heteroatoms. The molecule has 0 aromatic carbocycles. The summed E-state index contributed by atoms with van der Waals surface area (Å²) in [6.45, 7) is 4.62. The lowest BCUT2D eigenvalue weighted by Crippen LogP contribution is -2.46. The van der Waals surface area contributed by atoms with Crippen LogP contribution in [0.1, 0.15) is 19.8 Å². The Bertz CT molecular complexity index is 582. The molecule has 1 saturated heterocycles. The Morgan fingerprint density at radius 2 is 1.95 bits per heavy atom. The van der Waals surface area contributed by atoms with E-state index in [1.165, 1.54) is 0 Å². The van der Waals surface area contributed by atoms with E-state index in [1.54, 1.807) is 17.0 Å². The number of amides is 1. The Morgan fingerprint density at radius 3 is 2.50 bits per heavy atom. The Hall–Kier alpha value is -1.90. The van der Waals surface area contributed by atoms with Crippen LogP contribution in [-0.4, -0.2) is 61.9 Å². The lowest BCUT2D eigenvalue weighted by molar-refractivity contribution is -0.118. The van der Waals surface area contributed by atoms with Gasteiger partial charge in [0.1, 0.15) is 0 Å². The zero-order chi connectivity index (χ0) is 16.0. The van der Waals surface area contributed by atoms with Gasteiger partial charge in [-0.2, -0.15) is 0 Å². The van der Waals surface area contributed by atoms with Crippen LogP contribution in [0.25, 0.3) is 0 Å². The normalized spacial score (nSPS) is 15.7. The predicted octanol–water partition coefficient (Wildman–Crippen LogP) is 0.297. The molecule has 0 spiro atoms. The van der Waals surface area contributed by atoms with Crippen molar-refractivity contribution in [3.63, 3.8) is 0 Å². The van der Waals surface area contributed by atoms with Crippen molar-refractivity contribution in [2.45, 2.75) is 19.8 Å². The molecule has 22 heavy (non-hydrogen) atoms. The van der Waals surface area contributed by atoms with Crippen molar-refractivity contribution >= 4 is 28.1 Å². The summed E-state index contributed by atoms with van der Waals surface area (Å²) in [5, 5.41) is 7.98. The number of hydrogen-bond acceptors (Lipinski definition) is 6. The van der Waals surface area contributed by atoms with Crippen molar-refractivity contribution in [3.8, 4) is 0 Å². The molecule has 1 fully saturated rings. The average Bonchev–Trinajstić information content (AvgIpc) is 2.53. The monoisotopic (exact) mass is 327 g/mol. The standard InChI is InChI=1S/C13H21N5O3S/c1-2-3-10-22(20,21)16-12-4-5-13(15-14-12)18-8-6-17(11-19)7-9-18/h4-5,11H,2-3,6-10H2,1H3,(H,14,16). The number of hydrogen-bond donors (Lipinski definition) is 1. The van der Waals surface area contributed by atoms with Gasteiger partial charge < -0.3 is 9.80 Å². The first-order valence-corrected chi connectivity index (χ1v) is 8.98. The highest BCUT2D eigenvalue weighted by Crippen LogP contribution is 2.14. The zero-order valence-electron chi connectivity index (χ0n) is 12.6. The second-order valence-electron chi connectivity index (χ2n) is 5.18. The first kappa shape index (κ1) is 16.5. The molecule has 1 amide bonds. The van der Waals surface area contributed by atoms with E-state index >= 15 is 0 Å².